The van der Waals surface area contributed by atoms with E-state index in [0.717, 1.165) is 0 Å². The third-order valence-electron chi connectivity index (χ3n) is 5.26. The van der Waals surface area contributed by atoms with Gasteiger partial charge in [0.25, 0.3) is 0 Å². The van der Waals surface area contributed by atoms with Crippen LogP contribution < -0.4 is 5.73 Å². The number of nitrogens with two attached hydrogens (primary N) is 1. The molecule has 4 saturated heterocycles. The van der Waals surface area contributed by atoms with Crippen LogP contribution in [0.1, 0.15) is 27.7 Å². The van der Waals surface area contributed by atoms with Gasteiger partial charge in [-0.25, -0.2) is 0 Å². The zero-order chi connectivity index (χ0) is 11.1. The highest BCUT2D eigenvalue weighted by atomic mass is 15.5. The number of hydrogen-bond acceptors (Lipinski definition) is 3. The summed E-state index contributed by atoms with van der Waals surface area (Å²) < 4.78 is 0. The minimum absolute atomic E-state index is 0.249. The van der Waals surface area contributed by atoms with Crippen LogP contribution in [0.2, 0.25) is 0 Å². The van der Waals surface area contributed by atoms with Crippen molar-refractivity contribution in [2.75, 3.05) is 26.2 Å². The Balaban J connectivity index is 2.06. The molecule has 0 aromatic carbocycles. The molecule has 4 rings (SSSR count). The zero-order valence-electron chi connectivity index (χ0n) is 10.4. The van der Waals surface area contributed by atoms with Gasteiger partial charge in [0.2, 0.25) is 0 Å². The van der Waals surface area contributed by atoms with E-state index >= 15 is 0 Å². The molecular weight excluding hydrogens is 186 g/mol. The normalized spacial score (nSPS) is 61.0. The van der Waals surface area contributed by atoms with Crippen LogP contribution >= 0.6 is 0 Å². The Morgan fingerprint density at radius 3 is 1.53 bits per heavy atom. The van der Waals surface area contributed by atoms with Crippen LogP contribution in [-0.4, -0.2) is 47.7 Å². The van der Waals surface area contributed by atoms with Gasteiger partial charge in [0.15, 0.2) is 0 Å². The summed E-state index contributed by atoms with van der Waals surface area (Å²) in [6.45, 7) is 14.1. The average Bonchev–Trinajstić information content (AvgIpc) is 2.08. The molecule has 0 aliphatic carbocycles. The lowest BCUT2D eigenvalue weighted by molar-refractivity contribution is -0.238. The van der Waals surface area contributed by atoms with E-state index < -0.39 is 0 Å². The van der Waals surface area contributed by atoms with Crippen LogP contribution in [0.4, 0.5) is 0 Å². The Bertz CT molecular complexity index is 270. The molecule has 3 nitrogen and oxygen atoms in total. The van der Waals surface area contributed by atoms with Gasteiger partial charge in [-0.15, -0.1) is 0 Å². The molecule has 3 heteroatoms. The summed E-state index contributed by atoms with van der Waals surface area (Å²) in [7, 11) is 0. The number of rotatable bonds is 0. The summed E-state index contributed by atoms with van der Waals surface area (Å²) in [4.78, 5) is 5.26. The molecule has 4 aliphatic heterocycles. The van der Waals surface area contributed by atoms with Crippen molar-refractivity contribution < 1.29 is 0 Å². The minimum Gasteiger partial charge on any atom is -0.327 e. The van der Waals surface area contributed by atoms with Crippen molar-refractivity contribution in [1.29, 1.82) is 0 Å². The quantitative estimate of drug-likeness (QED) is 0.637. The van der Waals surface area contributed by atoms with Gasteiger partial charge in [-0.1, -0.05) is 13.8 Å². The number of hydrogen-bond donors (Lipinski definition) is 1. The second kappa shape index (κ2) is 2.41. The Labute approximate surface area is 92.6 Å². The maximum atomic E-state index is 6.47. The minimum atomic E-state index is 0.249. The average molecular weight is 209 g/mol. The Hall–Kier alpha value is -0.120. The Morgan fingerprint density at radius 2 is 1.20 bits per heavy atom. The van der Waals surface area contributed by atoms with Crippen LogP contribution in [0, 0.1) is 10.8 Å². The summed E-state index contributed by atoms with van der Waals surface area (Å²) in [6.07, 6.45) is 0. The molecule has 4 fully saturated rings. The molecule has 4 bridgehead atoms. The maximum Gasteiger partial charge on any atom is 0.0680 e. The first-order valence-corrected chi connectivity index (χ1v) is 6.04. The van der Waals surface area contributed by atoms with Crippen LogP contribution in [0.25, 0.3) is 0 Å². The van der Waals surface area contributed by atoms with E-state index in [1.165, 1.54) is 26.2 Å². The van der Waals surface area contributed by atoms with Gasteiger partial charge < -0.3 is 5.73 Å². The third kappa shape index (κ3) is 1.02. The van der Waals surface area contributed by atoms with E-state index in [9.17, 15) is 0 Å². The Morgan fingerprint density at radius 1 is 0.867 bits per heavy atom. The van der Waals surface area contributed by atoms with E-state index in [2.05, 4.69) is 37.5 Å². The van der Waals surface area contributed by atoms with Crippen LogP contribution in [-0.2, 0) is 0 Å². The summed E-state index contributed by atoms with van der Waals surface area (Å²) >= 11 is 0. The van der Waals surface area contributed by atoms with Crippen molar-refractivity contribution in [3.8, 4) is 0 Å². The molecule has 86 valence electrons. The maximum absolute atomic E-state index is 6.47. The molecule has 0 saturated carbocycles. The molecule has 15 heavy (non-hydrogen) atoms. The first-order valence-electron chi connectivity index (χ1n) is 6.04. The molecule has 0 aromatic rings. The third-order valence-corrected chi connectivity index (χ3v) is 5.26. The Kier molecular flexibility index (Phi) is 1.62. The van der Waals surface area contributed by atoms with Gasteiger partial charge in [0.1, 0.15) is 0 Å². The predicted octanol–water partition coefficient (Wildman–Crippen LogP) is 0.707. The second-order valence-electron chi connectivity index (χ2n) is 6.99. The molecule has 0 radical (unpaired) electrons. The molecule has 0 amide bonds. The SMILES string of the molecule is CC12CN3CC(C)(CN(C1)C3(C)C)C2N. The molecule has 4 heterocycles. The fraction of sp³-hybridized carbons (Fsp3) is 1.00. The lowest BCUT2D eigenvalue weighted by Gasteiger charge is -2.71. The van der Waals surface area contributed by atoms with E-state index in [1.54, 1.807) is 0 Å². The van der Waals surface area contributed by atoms with Crippen LogP contribution in [0.3, 0.4) is 0 Å². The summed E-state index contributed by atoms with van der Waals surface area (Å²) in [5, 5.41) is 0. The van der Waals surface area contributed by atoms with Gasteiger partial charge in [0, 0.05) is 43.1 Å². The monoisotopic (exact) mass is 209 g/mol. The van der Waals surface area contributed by atoms with Crippen molar-refractivity contribution >= 4 is 0 Å². The van der Waals surface area contributed by atoms with Gasteiger partial charge >= 0.3 is 0 Å². The van der Waals surface area contributed by atoms with Gasteiger partial charge in [-0.3, -0.25) is 9.80 Å². The second-order valence-corrected chi connectivity index (χ2v) is 6.99. The van der Waals surface area contributed by atoms with Gasteiger partial charge in [0.05, 0.1) is 5.66 Å². The van der Waals surface area contributed by atoms with E-state index in [4.69, 9.17) is 5.73 Å². The number of nitrogens with zero attached hydrogens (tertiary/aromatic N) is 2. The first kappa shape index (κ1) is 10.1. The van der Waals surface area contributed by atoms with Gasteiger partial charge in [-0.2, -0.15) is 0 Å². The van der Waals surface area contributed by atoms with Crippen molar-refractivity contribution in [3.63, 3.8) is 0 Å². The lowest BCUT2D eigenvalue weighted by Crippen LogP contribution is -2.84. The van der Waals surface area contributed by atoms with Crippen molar-refractivity contribution in [1.82, 2.24) is 9.80 Å². The topological polar surface area (TPSA) is 32.5 Å². The molecule has 0 spiro atoms. The highest BCUT2D eigenvalue weighted by Gasteiger charge is 2.62. The van der Waals surface area contributed by atoms with Gasteiger partial charge in [-0.05, 0) is 13.8 Å². The molecule has 4 aliphatic rings. The molecular formula is C12H23N3. The van der Waals surface area contributed by atoms with E-state index in [1.807, 2.05) is 0 Å². The highest BCUT2D eigenvalue weighted by Crippen LogP contribution is 2.52. The standard InChI is InChI=1S/C12H23N3/c1-10(2)14-5-11(3)6-15(10)8-12(4,7-14)9(11)13/h9H,5-8,13H2,1-4H3. The van der Waals surface area contributed by atoms with Crippen molar-refractivity contribution in [2.24, 2.45) is 16.6 Å². The highest BCUT2D eigenvalue weighted by molar-refractivity contribution is 5.16. The summed E-state index contributed by atoms with van der Waals surface area (Å²) in [5.74, 6) is 0. The molecule has 0 unspecified atom stereocenters. The van der Waals surface area contributed by atoms with E-state index in [-0.39, 0.29) is 5.66 Å². The zero-order valence-corrected chi connectivity index (χ0v) is 10.4. The van der Waals surface area contributed by atoms with Crippen molar-refractivity contribution in [2.45, 2.75) is 39.4 Å². The number of piperidine rings is 2. The smallest absolute Gasteiger partial charge is 0.0680 e. The van der Waals surface area contributed by atoms with Crippen LogP contribution in [0.15, 0.2) is 0 Å². The van der Waals surface area contributed by atoms with Crippen LogP contribution in [0.5, 0.6) is 0 Å². The summed E-state index contributed by atoms with van der Waals surface area (Å²) in [6, 6.07) is 0.369. The van der Waals surface area contributed by atoms with Crippen molar-refractivity contribution in [3.05, 3.63) is 0 Å². The largest absolute Gasteiger partial charge is 0.327 e. The molecule has 0 atom stereocenters. The first-order chi connectivity index (χ1) is 6.78. The molecule has 0 aromatic heterocycles. The lowest BCUT2D eigenvalue weighted by atomic mass is 9.58. The van der Waals surface area contributed by atoms with E-state index in [0.29, 0.717) is 16.9 Å². The summed E-state index contributed by atoms with van der Waals surface area (Å²) in [5.41, 5.74) is 7.33. The fourth-order valence-electron chi connectivity index (χ4n) is 4.16. The molecule has 2 N–H and O–H groups in total. The fourth-order valence-corrected chi connectivity index (χ4v) is 4.16. The predicted molar refractivity (Wildman–Crippen MR) is 61.4 cm³/mol.